The van der Waals surface area contributed by atoms with Crippen molar-refractivity contribution in [2.45, 2.75) is 6.42 Å². The third kappa shape index (κ3) is 3.70. The van der Waals surface area contributed by atoms with Crippen molar-refractivity contribution in [1.29, 1.82) is 0 Å². The van der Waals surface area contributed by atoms with Gasteiger partial charge in [0.1, 0.15) is 0 Å². The van der Waals surface area contributed by atoms with E-state index in [9.17, 15) is 4.65 Å². The maximum atomic E-state index is 9.20. The van der Waals surface area contributed by atoms with Gasteiger partial charge in [0.2, 0.25) is 0 Å². The standard InChI is InChI=1S/C3H6NO/c4-2-1-3-5/h1-2,4H2/q+1. The monoisotopic (exact) mass is 72.0 g/mol. The van der Waals surface area contributed by atoms with Crippen LogP contribution < -0.4 is 5.73 Å². The quantitative estimate of drug-likeness (QED) is 0.425. The van der Waals surface area contributed by atoms with Crippen LogP contribution in [0.4, 0.5) is 0 Å². The molecule has 28 valence electrons. The van der Waals surface area contributed by atoms with Gasteiger partial charge in [0.15, 0.2) is 0 Å². The van der Waals surface area contributed by atoms with Gasteiger partial charge in [-0.25, -0.2) is 0 Å². The molecule has 2 nitrogen and oxygen atoms in total. The summed E-state index contributed by atoms with van der Waals surface area (Å²) in [5, 5.41) is 0. The van der Waals surface area contributed by atoms with Gasteiger partial charge in [-0.3, -0.25) is 0 Å². The van der Waals surface area contributed by atoms with Crippen LogP contribution in [0.25, 0.3) is 0 Å². The van der Waals surface area contributed by atoms with Crippen molar-refractivity contribution in [3.8, 4) is 6.15 Å². The van der Waals surface area contributed by atoms with Crippen molar-refractivity contribution < 1.29 is 4.65 Å². The Labute approximate surface area is 30.7 Å². The van der Waals surface area contributed by atoms with Gasteiger partial charge in [-0.05, 0) is 0 Å². The first kappa shape index (κ1) is 4.70. The van der Waals surface area contributed by atoms with Crippen molar-refractivity contribution in [2.24, 2.45) is 5.73 Å². The van der Waals surface area contributed by atoms with Crippen LogP contribution in [0, 0.1) is 6.15 Å². The first-order chi connectivity index (χ1) is 2.41. The second kappa shape index (κ2) is 3.70. The van der Waals surface area contributed by atoms with Crippen LogP contribution in [0.1, 0.15) is 6.42 Å². The van der Waals surface area contributed by atoms with Crippen molar-refractivity contribution in [1.82, 2.24) is 0 Å². The molecule has 0 aliphatic heterocycles. The van der Waals surface area contributed by atoms with Crippen molar-refractivity contribution in [2.75, 3.05) is 6.54 Å². The Morgan fingerprint density at radius 3 is 2.40 bits per heavy atom. The summed E-state index contributed by atoms with van der Waals surface area (Å²) in [4.78, 5) is 0. The van der Waals surface area contributed by atoms with Crippen molar-refractivity contribution >= 4 is 0 Å². The minimum atomic E-state index is 0.361. The molecule has 0 aromatic heterocycles. The molecular formula is C3H6NO+. The molecule has 0 fully saturated rings. The van der Waals surface area contributed by atoms with E-state index in [-0.39, 0.29) is 0 Å². The molecule has 0 atom stereocenters. The molecule has 2 N–H and O–H groups in total. The fourth-order valence-electron chi connectivity index (χ4n) is 0.0589. The number of rotatable bonds is 1. The average molecular weight is 72.1 g/mol. The zero-order chi connectivity index (χ0) is 4.12. The third-order valence-corrected chi connectivity index (χ3v) is 0.246. The molecule has 0 amide bonds. The molecule has 5 heavy (non-hydrogen) atoms. The van der Waals surface area contributed by atoms with Crippen LogP contribution >= 0.6 is 0 Å². The molecule has 0 aromatic carbocycles. The summed E-state index contributed by atoms with van der Waals surface area (Å²) in [5.74, 6) is 0. The second-order valence-corrected chi connectivity index (χ2v) is 0.683. The fourth-order valence-corrected chi connectivity index (χ4v) is 0.0589. The Kier molecular flexibility index (Phi) is 3.48. The third-order valence-electron chi connectivity index (χ3n) is 0.246. The van der Waals surface area contributed by atoms with E-state index < -0.39 is 0 Å². The molecule has 0 radical (unpaired) electrons. The fraction of sp³-hybridized carbons (Fsp3) is 0.667. The molecule has 0 saturated heterocycles. The predicted molar refractivity (Wildman–Crippen MR) is 18.2 cm³/mol. The van der Waals surface area contributed by atoms with Crippen LogP contribution in [0.3, 0.4) is 0 Å². The molecule has 0 bridgehead atoms. The van der Waals surface area contributed by atoms with Crippen LogP contribution in [0.15, 0.2) is 0 Å². The van der Waals surface area contributed by atoms with E-state index in [0.29, 0.717) is 13.0 Å². The molecule has 0 aromatic rings. The first-order valence-corrected chi connectivity index (χ1v) is 1.47. The summed E-state index contributed by atoms with van der Waals surface area (Å²) in [5.41, 5.74) is 4.88. The summed E-state index contributed by atoms with van der Waals surface area (Å²) in [6, 6.07) is 0. The summed E-state index contributed by atoms with van der Waals surface area (Å²) in [6.45, 7) is 0.420. The SMILES string of the molecule is NCCC#[O+]. The van der Waals surface area contributed by atoms with E-state index in [1.807, 2.05) is 0 Å². The van der Waals surface area contributed by atoms with E-state index in [1.54, 1.807) is 6.15 Å². The molecule has 0 rings (SSSR count). The molecule has 2 heteroatoms. The normalized spacial score (nSPS) is 6.40. The topological polar surface area (TPSA) is 45.9 Å². The Morgan fingerprint density at radius 2 is 2.40 bits per heavy atom. The molecule has 0 unspecified atom stereocenters. The Hall–Kier alpha value is -0.300. The van der Waals surface area contributed by atoms with Gasteiger partial charge in [-0.2, -0.15) is 0 Å². The van der Waals surface area contributed by atoms with Crippen LogP contribution in [0.5, 0.6) is 0 Å². The number of nitrogens with two attached hydrogens (primary N) is 1. The molecule has 0 spiro atoms. The van der Waals surface area contributed by atoms with Gasteiger partial charge < -0.3 is 0 Å². The van der Waals surface area contributed by atoms with E-state index in [2.05, 4.69) is 0 Å². The van der Waals surface area contributed by atoms with Crippen LogP contribution in [-0.4, -0.2) is 6.54 Å². The van der Waals surface area contributed by atoms with Crippen molar-refractivity contribution in [3.63, 3.8) is 0 Å². The Balaban J connectivity index is 2.48. The first-order valence-electron chi connectivity index (χ1n) is 1.47. The van der Waals surface area contributed by atoms with Crippen LogP contribution in [-0.2, 0) is 4.65 Å². The number of hydrogen-bond acceptors (Lipinski definition) is 1. The van der Waals surface area contributed by atoms with Gasteiger partial charge in [0.05, 0.1) is 0 Å². The van der Waals surface area contributed by atoms with E-state index >= 15 is 0 Å². The Morgan fingerprint density at radius 1 is 1.80 bits per heavy atom. The molecular weight excluding hydrogens is 66.0 g/mol. The average Bonchev–Trinajstić information content (AvgIpc) is 1.41. The zero-order valence-electron chi connectivity index (χ0n) is 2.90. The Bertz CT molecular complexity index is 45.3. The molecule has 0 saturated carbocycles. The predicted octanol–water partition coefficient (Wildman–Crippen LogP) is -0.275. The molecule has 0 heterocycles. The van der Waals surface area contributed by atoms with Gasteiger partial charge in [-0.1, -0.05) is 0 Å². The van der Waals surface area contributed by atoms with Gasteiger partial charge in [0.25, 0.3) is 0 Å². The summed E-state index contributed by atoms with van der Waals surface area (Å²) in [7, 11) is 0. The van der Waals surface area contributed by atoms with Crippen LogP contribution in [0.2, 0.25) is 0 Å². The zero-order valence-corrected chi connectivity index (χ0v) is 2.90. The van der Waals surface area contributed by atoms with Gasteiger partial charge >= 0.3 is 29.5 Å². The molecule has 0 aliphatic rings. The molecule has 0 aliphatic carbocycles. The van der Waals surface area contributed by atoms with E-state index in [1.165, 1.54) is 0 Å². The van der Waals surface area contributed by atoms with E-state index in [0.717, 1.165) is 0 Å². The van der Waals surface area contributed by atoms with Gasteiger partial charge in [0, 0.05) is 0 Å². The van der Waals surface area contributed by atoms with Gasteiger partial charge in [-0.15, -0.1) is 0 Å². The summed E-state index contributed by atoms with van der Waals surface area (Å²) in [6.07, 6.45) is 2.00. The maximum absolute atomic E-state index is 9.20. The number of hydrogen-bond donors (Lipinski definition) is 1. The van der Waals surface area contributed by atoms with E-state index in [4.69, 9.17) is 5.73 Å². The summed E-state index contributed by atoms with van der Waals surface area (Å²) < 4.78 is 9.20. The van der Waals surface area contributed by atoms with Crippen molar-refractivity contribution in [3.05, 3.63) is 0 Å². The summed E-state index contributed by atoms with van der Waals surface area (Å²) >= 11 is 0. The second-order valence-electron chi connectivity index (χ2n) is 0.683. The minimum absolute atomic E-state index is 0.361.